The number of hydrogen-bond donors (Lipinski definition) is 1. The Morgan fingerprint density at radius 2 is 2.24 bits per heavy atom. The maximum atomic E-state index is 11.9. The fourth-order valence-electron chi connectivity index (χ4n) is 1.73. The van der Waals surface area contributed by atoms with E-state index in [4.69, 9.17) is 0 Å². The number of hydrogen-bond acceptors (Lipinski definition) is 3. The zero-order valence-corrected chi connectivity index (χ0v) is 10.3. The highest BCUT2D eigenvalue weighted by atomic mass is 16.2. The quantitative estimate of drug-likeness (QED) is 0.781. The summed E-state index contributed by atoms with van der Waals surface area (Å²) in [4.78, 5) is 11.9. The first kappa shape index (κ1) is 11.9. The second kappa shape index (κ2) is 5.14. The molecule has 0 aliphatic heterocycles. The van der Waals surface area contributed by atoms with E-state index < -0.39 is 0 Å². The second-order valence-electron chi connectivity index (χ2n) is 4.40. The van der Waals surface area contributed by atoms with Crippen molar-refractivity contribution in [3.8, 4) is 0 Å². The van der Waals surface area contributed by atoms with Gasteiger partial charge in [0, 0.05) is 18.8 Å². The summed E-state index contributed by atoms with van der Waals surface area (Å²) in [6.07, 6.45) is 2.65. The third-order valence-electron chi connectivity index (χ3n) is 2.59. The molecule has 0 bridgehead atoms. The van der Waals surface area contributed by atoms with Gasteiger partial charge in [-0.05, 0) is 25.1 Å². The largest absolute Gasteiger partial charge is 0.350 e. The lowest BCUT2D eigenvalue weighted by Gasteiger charge is -2.06. The Hall–Kier alpha value is -1.62. The maximum absolute atomic E-state index is 11.9. The van der Waals surface area contributed by atoms with Crippen LogP contribution in [0.2, 0.25) is 0 Å². The van der Waals surface area contributed by atoms with Crippen molar-refractivity contribution < 1.29 is 0 Å². The van der Waals surface area contributed by atoms with E-state index >= 15 is 0 Å². The van der Waals surface area contributed by atoms with Crippen LogP contribution in [-0.4, -0.2) is 26.8 Å². The SMILES string of the molecule is CC(C)NCCCn1nc2ccccn2c1=O. The molecule has 1 N–H and O–H groups in total. The average Bonchev–Trinajstić information content (AvgIpc) is 2.63. The Bertz CT molecular complexity index is 541. The monoisotopic (exact) mass is 234 g/mol. The number of aromatic nitrogens is 3. The summed E-state index contributed by atoms with van der Waals surface area (Å²) >= 11 is 0. The summed E-state index contributed by atoms with van der Waals surface area (Å²) in [7, 11) is 0. The molecule has 2 aromatic rings. The summed E-state index contributed by atoms with van der Waals surface area (Å²) in [6.45, 7) is 5.77. The van der Waals surface area contributed by atoms with Crippen molar-refractivity contribution in [2.45, 2.75) is 32.9 Å². The van der Waals surface area contributed by atoms with Crippen molar-refractivity contribution >= 4 is 5.65 Å². The Morgan fingerprint density at radius 3 is 2.94 bits per heavy atom. The molecule has 0 atom stereocenters. The minimum absolute atomic E-state index is 0.0647. The van der Waals surface area contributed by atoms with Gasteiger partial charge in [-0.1, -0.05) is 19.9 Å². The zero-order valence-electron chi connectivity index (χ0n) is 10.3. The molecule has 0 radical (unpaired) electrons. The molecular weight excluding hydrogens is 216 g/mol. The lowest BCUT2D eigenvalue weighted by molar-refractivity contribution is 0.505. The van der Waals surface area contributed by atoms with Gasteiger partial charge in [0.1, 0.15) is 0 Å². The molecule has 2 rings (SSSR count). The van der Waals surface area contributed by atoms with Gasteiger partial charge in [-0.15, -0.1) is 5.10 Å². The maximum Gasteiger partial charge on any atom is 0.350 e. The van der Waals surface area contributed by atoms with Crippen LogP contribution in [0.25, 0.3) is 5.65 Å². The Balaban J connectivity index is 2.04. The van der Waals surface area contributed by atoms with E-state index in [0.29, 0.717) is 18.2 Å². The molecule has 0 unspecified atom stereocenters. The van der Waals surface area contributed by atoms with Crippen LogP contribution >= 0.6 is 0 Å². The van der Waals surface area contributed by atoms with Crippen LogP contribution in [0.5, 0.6) is 0 Å². The highest BCUT2D eigenvalue weighted by Gasteiger charge is 2.04. The summed E-state index contributed by atoms with van der Waals surface area (Å²) < 4.78 is 3.09. The van der Waals surface area contributed by atoms with Gasteiger partial charge < -0.3 is 5.32 Å². The first-order valence-corrected chi connectivity index (χ1v) is 5.96. The second-order valence-corrected chi connectivity index (χ2v) is 4.40. The van der Waals surface area contributed by atoms with Gasteiger partial charge in [-0.3, -0.25) is 4.40 Å². The van der Waals surface area contributed by atoms with E-state index in [-0.39, 0.29) is 5.69 Å². The van der Waals surface area contributed by atoms with E-state index in [1.165, 1.54) is 4.68 Å². The van der Waals surface area contributed by atoms with Gasteiger partial charge in [0.2, 0.25) is 0 Å². The molecule has 2 heterocycles. The van der Waals surface area contributed by atoms with E-state index in [1.807, 2.05) is 18.2 Å². The van der Waals surface area contributed by atoms with Crippen LogP contribution in [0.3, 0.4) is 0 Å². The summed E-state index contributed by atoms with van der Waals surface area (Å²) in [5.41, 5.74) is 0.638. The van der Waals surface area contributed by atoms with E-state index in [0.717, 1.165) is 13.0 Å². The first-order valence-electron chi connectivity index (χ1n) is 5.96. The normalized spacial score (nSPS) is 11.5. The Labute approximate surface area is 100 Å². The highest BCUT2D eigenvalue weighted by molar-refractivity contribution is 5.35. The van der Waals surface area contributed by atoms with Crippen LogP contribution in [0.4, 0.5) is 0 Å². The van der Waals surface area contributed by atoms with Crippen molar-refractivity contribution in [3.63, 3.8) is 0 Å². The smallest absolute Gasteiger partial charge is 0.314 e. The molecule has 0 saturated heterocycles. The molecule has 0 fully saturated rings. The molecule has 0 aliphatic carbocycles. The van der Waals surface area contributed by atoms with E-state index in [9.17, 15) is 4.79 Å². The van der Waals surface area contributed by atoms with Crippen molar-refractivity contribution in [2.75, 3.05) is 6.54 Å². The third-order valence-corrected chi connectivity index (χ3v) is 2.59. The van der Waals surface area contributed by atoms with Gasteiger partial charge in [0.25, 0.3) is 0 Å². The van der Waals surface area contributed by atoms with Crippen LogP contribution < -0.4 is 11.0 Å². The summed E-state index contributed by atoms with van der Waals surface area (Å²) in [6, 6.07) is 6.03. The fourth-order valence-corrected chi connectivity index (χ4v) is 1.73. The minimum atomic E-state index is -0.0647. The highest BCUT2D eigenvalue weighted by Crippen LogP contribution is 1.95. The Kier molecular flexibility index (Phi) is 3.58. The van der Waals surface area contributed by atoms with Crippen molar-refractivity contribution in [1.82, 2.24) is 19.5 Å². The van der Waals surface area contributed by atoms with E-state index in [1.54, 1.807) is 10.6 Å². The molecular formula is C12H18N4O. The van der Waals surface area contributed by atoms with Crippen LogP contribution in [0.15, 0.2) is 29.2 Å². The molecule has 0 aromatic carbocycles. The molecule has 92 valence electrons. The predicted molar refractivity (Wildman–Crippen MR) is 67.2 cm³/mol. The molecule has 0 saturated carbocycles. The molecule has 17 heavy (non-hydrogen) atoms. The number of rotatable bonds is 5. The summed E-state index contributed by atoms with van der Waals surface area (Å²) in [5.74, 6) is 0. The standard InChI is InChI=1S/C12H18N4O/c1-10(2)13-7-5-9-16-12(17)15-8-4-3-6-11(15)14-16/h3-4,6,8,10,13H,5,7,9H2,1-2H3. The molecule has 0 aliphatic rings. The molecule has 5 heteroatoms. The van der Waals surface area contributed by atoms with Crippen molar-refractivity contribution in [1.29, 1.82) is 0 Å². The average molecular weight is 234 g/mol. The number of pyridine rings is 1. The van der Waals surface area contributed by atoms with Crippen LogP contribution in [-0.2, 0) is 6.54 Å². The number of aryl methyl sites for hydroxylation is 1. The minimum Gasteiger partial charge on any atom is -0.314 e. The molecule has 5 nitrogen and oxygen atoms in total. The van der Waals surface area contributed by atoms with Crippen molar-refractivity contribution in [3.05, 3.63) is 34.9 Å². The van der Waals surface area contributed by atoms with Crippen LogP contribution in [0, 0.1) is 0 Å². The van der Waals surface area contributed by atoms with E-state index in [2.05, 4.69) is 24.3 Å². The topological polar surface area (TPSA) is 51.3 Å². The Morgan fingerprint density at radius 1 is 1.41 bits per heavy atom. The summed E-state index contributed by atoms with van der Waals surface area (Å²) in [5, 5.41) is 7.59. The van der Waals surface area contributed by atoms with Gasteiger partial charge >= 0.3 is 5.69 Å². The number of nitrogens with one attached hydrogen (secondary N) is 1. The molecule has 2 aromatic heterocycles. The van der Waals surface area contributed by atoms with Gasteiger partial charge in [0.05, 0.1) is 0 Å². The third kappa shape index (κ3) is 2.74. The van der Waals surface area contributed by atoms with Gasteiger partial charge in [-0.25, -0.2) is 9.48 Å². The van der Waals surface area contributed by atoms with Gasteiger partial charge in [-0.2, -0.15) is 0 Å². The fraction of sp³-hybridized carbons (Fsp3) is 0.500. The van der Waals surface area contributed by atoms with Crippen LogP contribution in [0.1, 0.15) is 20.3 Å². The zero-order chi connectivity index (χ0) is 12.3. The number of nitrogens with zero attached hydrogens (tertiary/aromatic N) is 3. The predicted octanol–water partition coefficient (Wildman–Crippen LogP) is 0.884. The van der Waals surface area contributed by atoms with Crippen molar-refractivity contribution in [2.24, 2.45) is 0 Å². The van der Waals surface area contributed by atoms with Gasteiger partial charge in [0.15, 0.2) is 5.65 Å². The lowest BCUT2D eigenvalue weighted by Crippen LogP contribution is -2.27. The lowest BCUT2D eigenvalue weighted by atomic mass is 10.3. The first-order chi connectivity index (χ1) is 8.18. The number of fused-ring (bicyclic) bond motifs is 1. The molecule has 0 amide bonds. The molecule has 0 spiro atoms.